The molecule has 8 heteroatoms. The number of carbonyl (C=O) groups excluding carboxylic acids is 1. The second kappa shape index (κ2) is 7.67. The maximum atomic E-state index is 11.7. The number of aliphatic carboxylic acids is 1. The Balaban J connectivity index is 1.89. The summed E-state index contributed by atoms with van der Waals surface area (Å²) in [4.78, 5) is 22.2. The highest BCUT2D eigenvalue weighted by Gasteiger charge is 2.07. The minimum absolute atomic E-state index is 0.0148. The summed E-state index contributed by atoms with van der Waals surface area (Å²) in [6, 6.07) is 7.05. The molecule has 1 aromatic heterocycles. The maximum absolute atomic E-state index is 11.7. The lowest BCUT2D eigenvalue weighted by molar-refractivity contribution is -0.137. The van der Waals surface area contributed by atoms with Gasteiger partial charge in [-0.1, -0.05) is 35.1 Å². The van der Waals surface area contributed by atoms with Crippen molar-refractivity contribution in [3.8, 4) is 0 Å². The summed E-state index contributed by atoms with van der Waals surface area (Å²) in [5.41, 5.74) is 0.846. The Hall–Kier alpha value is -2.25. The van der Waals surface area contributed by atoms with E-state index in [1.54, 1.807) is 30.3 Å². The van der Waals surface area contributed by atoms with Crippen LogP contribution in [0, 0.1) is 0 Å². The van der Waals surface area contributed by atoms with Crippen LogP contribution < -0.4 is 5.32 Å². The number of hydrogen-bond donors (Lipinski definition) is 2. The van der Waals surface area contributed by atoms with E-state index >= 15 is 0 Å². The van der Waals surface area contributed by atoms with Crippen LogP contribution in [0.5, 0.6) is 0 Å². The van der Waals surface area contributed by atoms with Crippen LogP contribution in [-0.4, -0.2) is 27.2 Å². The van der Waals surface area contributed by atoms with Gasteiger partial charge in [-0.2, -0.15) is 0 Å². The summed E-state index contributed by atoms with van der Waals surface area (Å²) in [7, 11) is 0. The van der Waals surface area contributed by atoms with Crippen LogP contribution in [0.4, 0.5) is 5.13 Å². The predicted octanol–water partition coefficient (Wildman–Crippen LogP) is 2.86. The van der Waals surface area contributed by atoms with Gasteiger partial charge in [0.25, 0.3) is 0 Å². The topological polar surface area (TPSA) is 92.2 Å². The van der Waals surface area contributed by atoms with Crippen LogP contribution in [0.25, 0.3) is 6.08 Å². The first-order valence-electron chi connectivity index (χ1n) is 6.32. The Morgan fingerprint density at radius 2 is 2.00 bits per heavy atom. The summed E-state index contributed by atoms with van der Waals surface area (Å²) in [6.45, 7) is 0. The molecule has 114 valence electrons. The Bertz CT molecular complexity index is 698. The van der Waals surface area contributed by atoms with Crippen LogP contribution in [0.2, 0.25) is 5.02 Å². The average molecular weight is 338 g/mol. The van der Waals surface area contributed by atoms with Crippen molar-refractivity contribution in [2.24, 2.45) is 0 Å². The Kier molecular flexibility index (Phi) is 5.62. The number of amides is 1. The summed E-state index contributed by atoms with van der Waals surface area (Å²) in [5.74, 6) is -1.23. The molecule has 0 saturated carbocycles. The smallest absolute Gasteiger partial charge is 0.303 e. The van der Waals surface area contributed by atoms with Gasteiger partial charge in [0.05, 0.1) is 6.42 Å². The van der Waals surface area contributed by atoms with E-state index in [0.717, 1.165) is 16.9 Å². The number of nitrogens with zero attached hydrogens (tertiary/aromatic N) is 2. The van der Waals surface area contributed by atoms with Crippen molar-refractivity contribution in [2.75, 3.05) is 5.32 Å². The van der Waals surface area contributed by atoms with Gasteiger partial charge in [-0.15, -0.1) is 10.2 Å². The zero-order chi connectivity index (χ0) is 15.9. The number of aryl methyl sites for hydroxylation is 1. The lowest BCUT2D eigenvalue weighted by Crippen LogP contribution is -2.07. The van der Waals surface area contributed by atoms with E-state index in [2.05, 4.69) is 15.5 Å². The second-order valence-corrected chi connectivity index (χ2v) is 5.77. The summed E-state index contributed by atoms with van der Waals surface area (Å²) < 4.78 is 0. The third-order valence-corrected chi connectivity index (χ3v) is 3.70. The van der Waals surface area contributed by atoms with Crippen molar-refractivity contribution in [3.05, 3.63) is 45.9 Å². The summed E-state index contributed by atoms with van der Waals surface area (Å²) >= 11 is 6.93. The molecule has 0 atom stereocenters. The Morgan fingerprint density at radius 1 is 1.27 bits per heavy atom. The number of benzene rings is 1. The van der Waals surface area contributed by atoms with E-state index in [-0.39, 0.29) is 12.3 Å². The molecule has 0 radical (unpaired) electrons. The number of rotatable bonds is 6. The molecule has 0 aliphatic heterocycles. The molecule has 22 heavy (non-hydrogen) atoms. The number of carbonyl (C=O) groups is 2. The largest absolute Gasteiger partial charge is 0.481 e. The van der Waals surface area contributed by atoms with E-state index in [1.807, 2.05) is 0 Å². The van der Waals surface area contributed by atoms with Gasteiger partial charge < -0.3 is 5.11 Å². The third-order valence-electron chi connectivity index (χ3n) is 2.55. The van der Waals surface area contributed by atoms with Crippen LogP contribution in [0.1, 0.15) is 17.0 Å². The molecule has 0 unspecified atom stereocenters. The van der Waals surface area contributed by atoms with Gasteiger partial charge in [0.2, 0.25) is 11.0 Å². The van der Waals surface area contributed by atoms with Gasteiger partial charge >= 0.3 is 5.97 Å². The monoisotopic (exact) mass is 337 g/mol. The van der Waals surface area contributed by atoms with Crippen LogP contribution in [-0.2, 0) is 16.0 Å². The molecule has 2 aromatic rings. The zero-order valence-electron chi connectivity index (χ0n) is 11.3. The van der Waals surface area contributed by atoms with E-state index in [9.17, 15) is 9.59 Å². The lowest BCUT2D eigenvalue weighted by Gasteiger charge is -1.95. The molecule has 6 nitrogen and oxygen atoms in total. The number of anilines is 1. The van der Waals surface area contributed by atoms with Crippen LogP contribution in [0.3, 0.4) is 0 Å². The predicted molar refractivity (Wildman–Crippen MR) is 85.0 cm³/mol. The molecule has 2 rings (SSSR count). The second-order valence-electron chi connectivity index (χ2n) is 4.27. The molecular formula is C14H12ClN3O3S. The highest BCUT2D eigenvalue weighted by Crippen LogP contribution is 2.17. The number of carboxylic acids is 1. The van der Waals surface area contributed by atoms with Crippen molar-refractivity contribution < 1.29 is 14.7 Å². The van der Waals surface area contributed by atoms with Gasteiger partial charge in [0.15, 0.2) is 0 Å². The van der Waals surface area contributed by atoms with Crippen molar-refractivity contribution in [1.82, 2.24) is 10.2 Å². The number of nitrogens with one attached hydrogen (secondary N) is 1. The Morgan fingerprint density at radius 3 is 2.68 bits per heavy atom. The molecule has 1 amide bonds. The molecule has 0 saturated heterocycles. The highest BCUT2D eigenvalue weighted by atomic mass is 35.5. The van der Waals surface area contributed by atoms with E-state index in [4.69, 9.17) is 16.7 Å². The fourth-order valence-electron chi connectivity index (χ4n) is 1.51. The number of halogens is 1. The van der Waals surface area contributed by atoms with Crippen molar-refractivity contribution in [2.45, 2.75) is 12.8 Å². The molecule has 0 spiro atoms. The average Bonchev–Trinajstić information content (AvgIpc) is 2.92. The first kappa shape index (κ1) is 16.1. The minimum Gasteiger partial charge on any atom is -0.481 e. The van der Waals surface area contributed by atoms with E-state index in [0.29, 0.717) is 21.6 Å². The first-order chi connectivity index (χ1) is 10.5. The molecule has 1 aromatic carbocycles. The first-order valence-corrected chi connectivity index (χ1v) is 7.51. The van der Waals surface area contributed by atoms with Gasteiger partial charge in [-0.05, 0) is 23.8 Å². The molecule has 0 bridgehead atoms. The number of aromatic nitrogens is 2. The Labute approximate surface area is 135 Å². The van der Waals surface area contributed by atoms with Gasteiger partial charge in [0, 0.05) is 17.5 Å². The SMILES string of the molecule is O=C(O)CCc1nnc(NC(=O)/C=C/c2ccc(Cl)cc2)s1. The molecule has 1 heterocycles. The molecule has 0 aliphatic carbocycles. The number of hydrogen-bond acceptors (Lipinski definition) is 5. The standard InChI is InChI=1S/C14H12ClN3O3S/c15-10-4-1-9(2-5-10)3-6-11(19)16-14-18-17-12(22-14)7-8-13(20)21/h1-6H,7-8H2,(H,20,21)(H,16,18,19)/b6-3+. The number of carboxylic acid groups (broad SMARTS) is 1. The summed E-state index contributed by atoms with van der Waals surface area (Å²) in [5, 5.41) is 20.3. The normalized spacial score (nSPS) is 10.8. The molecule has 0 aliphatic rings. The van der Waals surface area contributed by atoms with Crippen molar-refractivity contribution >= 4 is 46.0 Å². The van der Waals surface area contributed by atoms with Gasteiger partial charge in [0.1, 0.15) is 5.01 Å². The third kappa shape index (κ3) is 5.27. The maximum Gasteiger partial charge on any atom is 0.303 e. The zero-order valence-corrected chi connectivity index (χ0v) is 12.9. The van der Waals surface area contributed by atoms with Crippen molar-refractivity contribution in [1.29, 1.82) is 0 Å². The molecule has 2 N–H and O–H groups in total. The lowest BCUT2D eigenvalue weighted by atomic mass is 10.2. The van der Waals surface area contributed by atoms with E-state index in [1.165, 1.54) is 6.08 Å². The molecule has 0 fully saturated rings. The minimum atomic E-state index is -0.897. The quantitative estimate of drug-likeness (QED) is 0.791. The van der Waals surface area contributed by atoms with E-state index < -0.39 is 5.97 Å². The fourth-order valence-corrected chi connectivity index (χ4v) is 2.38. The van der Waals surface area contributed by atoms with Gasteiger partial charge in [-0.25, -0.2) is 0 Å². The fraction of sp³-hybridized carbons (Fsp3) is 0.143. The van der Waals surface area contributed by atoms with Crippen LogP contribution >= 0.6 is 22.9 Å². The summed E-state index contributed by atoms with van der Waals surface area (Å²) in [6.07, 6.45) is 3.31. The van der Waals surface area contributed by atoms with Gasteiger partial charge in [-0.3, -0.25) is 14.9 Å². The van der Waals surface area contributed by atoms with Crippen LogP contribution in [0.15, 0.2) is 30.3 Å². The highest BCUT2D eigenvalue weighted by molar-refractivity contribution is 7.15. The molecular weight excluding hydrogens is 326 g/mol. The van der Waals surface area contributed by atoms with Crippen molar-refractivity contribution in [3.63, 3.8) is 0 Å².